The van der Waals surface area contributed by atoms with E-state index in [1.54, 1.807) is 0 Å². The van der Waals surface area contributed by atoms with Crippen molar-refractivity contribution in [2.75, 3.05) is 13.2 Å². The van der Waals surface area contributed by atoms with Crippen LogP contribution in [0, 0.1) is 0 Å². The molecule has 0 radical (unpaired) electrons. The Labute approximate surface area is 577 Å². The fourth-order valence-electron chi connectivity index (χ4n) is 13.8. The number of hydrogen-bond acceptors (Lipinski definition) is 5. The Kier molecular flexibility index (Phi) is 80.3. The minimum atomic E-state index is -0.663. The number of ether oxygens (including phenoxy) is 1. The van der Waals surface area contributed by atoms with Crippen molar-refractivity contribution in [1.82, 2.24) is 5.32 Å². The van der Waals surface area contributed by atoms with Gasteiger partial charge < -0.3 is 20.3 Å². The second-order valence-corrected chi connectivity index (χ2v) is 29.5. The van der Waals surface area contributed by atoms with Crippen molar-refractivity contribution in [3.05, 3.63) is 24.3 Å². The molecule has 0 aromatic carbocycles. The maximum Gasteiger partial charge on any atom is 0.305 e. The molecule has 0 saturated heterocycles. The number of nitrogens with one attached hydrogen (secondary N) is 1. The molecule has 0 aliphatic heterocycles. The average molecular weight is 1300 g/mol. The van der Waals surface area contributed by atoms with Gasteiger partial charge in [-0.05, 0) is 77.0 Å². The highest BCUT2D eigenvalue weighted by molar-refractivity contribution is 5.76. The van der Waals surface area contributed by atoms with Crippen LogP contribution >= 0.6 is 0 Å². The molecule has 6 heteroatoms. The van der Waals surface area contributed by atoms with Gasteiger partial charge in [0.2, 0.25) is 5.91 Å². The third-order valence-corrected chi connectivity index (χ3v) is 20.2. The number of unbranched alkanes of at least 4 members (excludes halogenated alkanes) is 66. The van der Waals surface area contributed by atoms with E-state index in [1.807, 2.05) is 0 Å². The summed E-state index contributed by atoms with van der Waals surface area (Å²) >= 11 is 0. The molecule has 0 aliphatic carbocycles. The topological polar surface area (TPSA) is 95.9 Å². The van der Waals surface area contributed by atoms with Gasteiger partial charge in [0.15, 0.2) is 0 Å². The molecule has 2 unspecified atom stereocenters. The van der Waals surface area contributed by atoms with Crippen LogP contribution in [0.25, 0.3) is 0 Å². The Hall–Kier alpha value is -1.66. The zero-order valence-corrected chi connectivity index (χ0v) is 62.8. The summed E-state index contributed by atoms with van der Waals surface area (Å²) in [6.07, 6.45) is 106. The van der Waals surface area contributed by atoms with E-state index in [4.69, 9.17) is 4.74 Å². The van der Waals surface area contributed by atoms with Gasteiger partial charge in [-0.3, -0.25) is 9.59 Å². The van der Waals surface area contributed by atoms with Crippen LogP contribution in [0.4, 0.5) is 0 Å². The maximum atomic E-state index is 12.6. The molecular formula is C86H167NO5. The summed E-state index contributed by atoms with van der Waals surface area (Å²) in [5.41, 5.74) is 0. The SMILES string of the molecule is CCCCCCCCC/C=C\CCCCCCCCCC(=O)OCCCCCCCCCCCCCCCC/C=C\CCCCCCCCCCCCCCCCCCCC(=O)NC(CO)C(O)CCCCCCCCCCCCCCCCCCCCCCCC. The Balaban J connectivity index is 3.33. The van der Waals surface area contributed by atoms with Crippen LogP contribution in [0.5, 0.6) is 0 Å². The van der Waals surface area contributed by atoms with Crippen molar-refractivity contribution in [2.24, 2.45) is 0 Å². The molecule has 0 fully saturated rings. The standard InChI is InChI=1S/C86H167NO5/c1-3-5-7-9-11-13-15-17-19-21-23-24-40-43-46-50-54-58-62-66-70-74-78-84(89)83(82-88)87-85(90)79-75-71-67-63-59-55-51-47-44-41-38-36-34-32-30-28-26-25-27-29-31-33-35-37-39-42-45-49-53-57-61-65-69-73-77-81-92-86(91)80-76-72-68-64-60-56-52-48-22-20-18-16-14-12-10-8-6-4-2/h20,22,27,29,83-84,88-89H,3-19,21,23-26,28,30-82H2,1-2H3,(H,87,90)/b22-20-,29-27-. The molecule has 0 heterocycles. The lowest BCUT2D eigenvalue weighted by Gasteiger charge is -2.22. The molecule has 3 N–H and O–H groups in total. The van der Waals surface area contributed by atoms with Gasteiger partial charge in [-0.2, -0.15) is 0 Å². The largest absolute Gasteiger partial charge is 0.466 e. The van der Waals surface area contributed by atoms with E-state index in [1.165, 1.54) is 411 Å². The highest BCUT2D eigenvalue weighted by Crippen LogP contribution is 2.21. The van der Waals surface area contributed by atoms with Gasteiger partial charge in [0.05, 0.1) is 25.4 Å². The normalized spacial score (nSPS) is 12.5. The molecule has 0 spiro atoms. The van der Waals surface area contributed by atoms with E-state index in [2.05, 4.69) is 43.5 Å². The number of rotatable bonds is 81. The smallest absolute Gasteiger partial charge is 0.305 e. The number of amides is 1. The van der Waals surface area contributed by atoms with Crippen molar-refractivity contribution in [3.8, 4) is 0 Å². The van der Waals surface area contributed by atoms with E-state index in [0.29, 0.717) is 25.9 Å². The number of aliphatic hydroxyl groups is 2. The monoisotopic (exact) mass is 1290 g/mol. The first-order valence-corrected chi connectivity index (χ1v) is 42.6. The zero-order chi connectivity index (χ0) is 66.3. The van der Waals surface area contributed by atoms with E-state index >= 15 is 0 Å². The van der Waals surface area contributed by atoms with Crippen molar-refractivity contribution in [3.63, 3.8) is 0 Å². The molecule has 1 amide bonds. The quantitative estimate of drug-likeness (QED) is 0.0320. The van der Waals surface area contributed by atoms with Gasteiger partial charge in [0.1, 0.15) is 0 Å². The summed E-state index contributed by atoms with van der Waals surface area (Å²) in [7, 11) is 0. The lowest BCUT2D eigenvalue weighted by molar-refractivity contribution is -0.143. The number of esters is 1. The van der Waals surface area contributed by atoms with Gasteiger partial charge in [-0.1, -0.05) is 423 Å². The maximum absolute atomic E-state index is 12.6. The average Bonchev–Trinajstić information content (AvgIpc) is 3.77. The van der Waals surface area contributed by atoms with Gasteiger partial charge in [0, 0.05) is 12.8 Å². The van der Waals surface area contributed by atoms with E-state index in [-0.39, 0.29) is 18.5 Å². The lowest BCUT2D eigenvalue weighted by Crippen LogP contribution is -2.45. The lowest BCUT2D eigenvalue weighted by atomic mass is 10.0. The number of carbonyl (C=O) groups excluding carboxylic acids is 2. The minimum Gasteiger partial charge on any atom is -0.466 e. The van der Waals surface area contributed by atoms with Crippen LogP contribution in [0.1, 0.15) is 489 Å². The van der Waals surface area contributed by atoms with E-state index in [9.17, 15) is 19.8 Å². The first-order valence-electron chi connectivity index (χ1n) is 42.6. The third-order valence-electron chi connectivity index (χ3n) is 20.2. The fourth-order valence-corrected chi connectivity index (χ4v) is 13.8. The molecule has 6 nitrogen and oxygen atoms in total. The van der Waals surface area contributed by atoms with Crippen LogP contribution < -0.4 is 5.32 Å². The molecule has 546 valence electrons. The number of aliphatic hydroxyl groups excluding tert-OH is 2. The van der Waals surface area contributed by atoms with Crippen LogP contribution in [0.15, 0.2) is 24.3 Å². The second kappa shape index (κ2) is 81.8. The predicted octanol–water partition coefficient (Wildman–Crippen LogP) is 28.4. The predicted molar refractivity (Wildman–Crippen MR) is 407 cm³/mol. The van der Waals surface area contributed by atoms with E-state index < -0.39 is 12.1 Å². The molecule has 0 rings (SSSR count). The summed E-state index contributed by atoms with van der Waals surface area (Å²) in [4.78, 5) is 24.7. The van der Waals surface area contributed by atoms with E-state index in [0.717, 1.165) is 44.9 Å². The highest BCUT2D eigenvalue weighted by atomic mass is 16.5. The fraction of sp³-hybridized carbons (Fsp3) is 0.930. The third kappa shape index (κ3) is 77.3. The van der Waals surface area contributed by atoms with Gasteiger partial charge >= 0.3 is 5.97 Å². The van der Waals surface area contributed by atoms with Gasteiger partial charge in [-0.15, -0.1) is 0 Å². The summed E-state index contributed by atoms with van der Waals surface area (Å²) in [6.45, 7) is 5.01. The Morgan fingerprint density at radius 1 is 0.293 bits per heavy atom. The highest BCUT2D eigenvalue weighted by Gasteiger charge is 2.20. The number of hydrogen-bond donors (Lipinski definition) is 3. The summed E-state index contributed by atoms with van der Waals surface area (Å²) in [5, 5.41) is 23.5. The molecule has 0 aromatic rings. The van der Waals surface area contributed by atoms with Crippen LogP contribution in [0.3, 0.4) is 0 Å². The Bertz CT molecular complexity index is 1450. The molecule has 0 saturated carbocycles. The second-order valence-electron chi connectivity index (χ2n) is 29.5. The van der Waals surface area contributed by atoms with Crippen LogP contribution in [-0.4, -0.2) is 47.4 Å². The van der Waals surface area contributed by atoms with Crippen molar-refractivity contribution in [2.45, 2.75) is 501 Å². The summed E-state index contributed by atoms with van der Waals surface area (Å²) in [6, 6.07) is -0.540. The molecular weight excluding hydrogens is 1130 g/mol. The zero-order valence-electron chi connectivity index (χ0n) is 62.8. The van der Waals surface area contributed by atoms with Crippen LogP contribution in [0.2, 0.25) is 0 Å². The summed E-state index contributed by atoms with van der Waals surface area (Å²) < 4.78 is 5.52. The van der Waals surface area contributed by atoms with Crippen molar-refractivity contribution in [1.29, 1.82) is 0 Å². The Morgan fingerprint density at radius 2 is 0.511 bits per heavy atom. The molecule has 2 atom stereocenters. The molecule has 0 bridgehead atoms. The van der Waals surface area contributed by atoms with Crippen molar-refractivity contribution >= 4 is 11.9 Å². The molecule has 0 aliphatic rings. The number of allylic oxidation sites excluding steroid dienone is 4. The van der Waals surface area contributed by atoms with Gasteiger partial charge in [-0.25, -0.2) is 0 Å². The summed E-state index contributed by atoms with van der Waals surface area (Å²) in [5.74, 6) is -0.00700. The minimum absolute atomic E-state index is 0.0185. The van der Waals surface area contributed by atoms with Crippen molar-refractivity contribution < 1.29 is 24.5 Å². The first kappa shape index (κ1) is 90.3. The van der Waals surface area contributed by atoms with Crippen LogP contribution in [-0.2, 0) is 14.3 Å². The first-order chi connectivity index (χ1) is 45.5. The van der Waals surface area contributed by atoms with Gasteiger partial charge in [0.25, 0.3) is 0 Å². The Morgan fingerprint density at radius 3 is 0.772 bits per heavy atom. The number of carbonyl (C=O) groups is 2. The molecule has 0 aromatic heterocycles. The molecule has 92 heavy (non-hydrogen) atoms.